The van der Waals surface area contributed by atoms with Gasteiger partial charge in [-0.1, -0.05) is 124 Å². The van der Waals surface area contributed by atoms with Crippen LogP contribution in [0.1, 0.15) is 57.2 Å². The van der Waals surface area contributed by atoms with Crippen molar-refractivity contribution in [2.45, 2.75) is 58.3 Å². The van der Waals surface area contributed by atoms with Gasteiger partial charge in [-0.15, -0.1) is 0 Å². The summed E-state index contributed by atoms with van der Waals surface area (Å²) >= 11 is 0. The highest BCUT2D eigenvalue weighted by atomic mass is 16.3. The van der Waals surface area contributed by atoms with Crippen molar-refractivity contribution in [3.05, 3.63) is 187 Å². The third kappa shape index (κ3) is 6.11. The normalized spacial score (nSPS) is 14.6. The molecule has 10 aromatic rings. The Kier molecular flexibility index (Phi) is 8.61. The summed E-state index contributed by atoms with van der Waals surface area (Å²) in [7, 11) is 2.40. The molecule has 0 amide bonds. The molecule has 5 nitrogen and oxygen atoms in total. The van der Waals surface area contributed by atoms with Crippen molar-refractivity contribution in [1.82, 2.24) is 9.55 Å². The van der Waals surface area contributed by atoms with Crippen LogP contribution in [0.2, 0.25) is 0 Å². The fraction of sp³-hybridized carbons (Fsp3) is 0.155. The highest BCUT2D eigenvalue weighted by Crippen LogP contribution is 2.51. The first-order valence-electron chi connectivity index (χ1n) is 22.5. The van der Waals surface area contributed by atoms with Gasteiger partial charge >= 0.3 is 0 Å². The molecule has 12 rings (SSSR count). The Labute approximate surface area is 375 Å². The highest BCUT2D eigenvalue weighted by Gasteiger charge is 2.39. The molecule has 6 heteroatoms. The quantitative estimate of drug-likeness (QED) is 0.163. The van der Waals surface area contributed by atoms with E-state index in [9.17, 15) is 0 Å². The van der Waals surface area contributed by atoms with Gasteiger partial charge in [0.15, 0.2) is 12.9 Å². The Morgan fingerprint density at radius 1 is 0.656 bits per heavy atom. The van der Waals surface area contributed by atoms with Crippen LogP contribution in [0.25, 0.3) is 61.2 Å². The Bertz CT molecular complexity index is 3400. The second-order valence-corrected chi connectivity index (χ2v) is 19.0. The van der Waals surface area contributed by atoms with Crippen LogP contribution >= 0.6 is 0 Å². The molecule has 64 heavy (non-hydrogen) atoms. The monoisotopic (exact) mass is 827 g/mol. The van der Waals surface area contributed by atoms with Crippen molar-refractivity contribution in [2.24, 2.45) is 0 Å². The number of fused-ring (bicyclic) bond motifs is 7. The maximum absolute atomic E-state index is 6.56. The smallest absolute Gasteiger partial charge is 0.227 e. The van der Waals surface area contributed by atoms with Crippen molar-refractivity contribution < 1.29 is 4.42 Å². The summed E-state index contributed by atoms with van der Waals surface area (Å²) in [6, 6.07) is 61.4. The van der Waals surface area contributed by atoms with Crippen LogP contribution in [-0.2, 0) is 10.8 Å². The number of anilines is 5. The van der Waals surface area contributed by atoms with Gasteiger partial charge in [-0.2, -0.15) is 0 Å². The predicted octanol–water partition coefficient (Wildman–Crippen LogP) is 14.1. The predicted molar refractivity (Wildman–Crippen MR) is 269 cm³/mol. The number of aryl methyl sites for hydroxylation is 1. The van der Waals surface area contributed by atoms with E-state index in [4.69, 9.17) is 9.40 Å². The average molecular weight is 828 g/mol. The first kappa shape index (κ1) is 38.4. The molecule has 1 N–H and O–H groups in total. The standard InChI is InChI=1S/C58H48BN4O/c1-36-25-27-38(28-26-36)60-47-33-45-44(57(2,3)29-30-58(45,4)5)31-42(47)43-32-51(62(39-19-11-7-12-20-39)40-21-13-8-14-22-40)53-41-23-15-16-24-49(41)63-50-35-48-52(34-46(50)59-54(43)55(53)63)64-56(61-48)37-17-9-6-10-18-37/h6-28,31-35,60H,29-30H2,1-5H3. The van der Waals surface area contributed by atoms with E-state index in [0.29, 0.717) is 5.89 Å². The first-order chi connectivity index (χ1) is 31.1. The molecule has 1 aliphatic carbocycles. The summed E-state index contributed by atoms with van der Waals surface area (Å²) in [5.74, 6) is 0.619. The van der Waals surface area contributed by atoms with Gasteiger partial charge in [-0.3, -0.25) is 0 Å². The number of hydrogen-bond acceptors (Lipinski definition) is 4. The molecule has 1 radical (unpaired) electrons. The minimum atomic E-state index is -0.00810. The van der Waals surface area contributed by atoms with Gasteiger partial charge in [0.25, 0.3) is 0 Å². The van der Waals surface area contributed by atoms with Gasteiger partial charge in [0.2, 0.25) is 5.89 Å². The zero-order valence-corrected chi connectivity index (χ0v) is 36.9. The van der Waals surface area contributed by atoms with E-state index in [2.05, 4.69) is 208 Å². The number of nitrogens with zero attached hydrogens (tertiary/aromatic N) is 3. The van der Waals surface area contributed by atoms with E-state index < -0.39 is 0 Å². The number of rotatable bonds is 7. The molecular formula is C58H48BN4O. The van der Waals surface area contributed by atoms with Crippen LogP contribution in [0.4, 0.5) is 28.4 Å². The second kappa shape index (κ2) is 14.4. The van der Waals surface area contributed by atoms with Crippen LogP contribution in [-0.4, -0.2) is 16.8 Å². The molecule has 3 heterocycles. The van der Waals surface area contributed by atoms with Crippen molar-refractivity contribution >= 4 is 79.5 Å². The molecule has 1 aliphatic heterocycles. The zero-order valence-electron chi connectivity index (χ0n) is 36.9. The molecular weight excluding hydrogens is 779 g/mol. The van der Waals surface area contributed by atoms with Crippen LogP contribution in [0.15, 0.2) is 174 Å². The van der Waals surface area contributed by atoms with Crippen LogP contribution in [0, 0.1) is 6.92 Å². The number of para-hydroxylation sites is 3. The fourth-order valence-corrected chi connectivity index (χ4v) is 10.4. The number of oxazole rings is 1. The van der Waals surface area contributed by atoms with Crippen LogP contribution in [0.3, 0.4) is 0 Å². The number of hydrogen-bond donors (Lipinski definition) is 1. The van der Waals surface area contributed by atoms with Crippen molar-refractivity contribution in [3.8, 4) is 28.3 Å². The van der Waals surface area contributed by atoms with Crippen LogP contribution in [0.5, 0.6) is 0 Å². The molecule has 0 atom stereocenters. The first-order valence-corrected chi connectivity index (χ1v) is 22.5. The molecule has 0 fully saturated rings. The lowest BCUT2D eigenvalue weighted by Crippen LogP contribution is -2.38. The Morgan fingerprint density at radius 2 is 1.28 bits per heavy atom. The third-order valence-corrected chi connectivity index (χ3v) is 13.9. The van der Waals surface area contributed by atoms with E-state index in [0.717, 1.165) is 80.2 Å². The van der Waals surface area contributed by atoms with E-state index in [1.165, 1.54) is 44.0 Å². The number of nitrogens with one attached hydrogen (secondary N) is 1. The van der Waals surface area contributed by atoms with E-state index in [1.807, 2.05) is 18.2 Å². The van der Waals surface area contributed by atoms with Gasteiger partial charge in [0.05, 0.1) is 16.7 Å². The third-order valence-electron chi connectivity index (χ3n) is 13.9. The lowest BCUT2D eigenvalue weighted by atomic mass is 9.58. The SMILES string of the molecule is Cc1ccc(Nc2cc3c(cc2-c2cc(N(c4ccccc4)c4ccccc4)c4c5ccccc5n5c4c2[B]c2cc4oc(-c6ccccc6)nc4cc2-5)C(C)(C)CCC3(C)C)cc1. The molecule has 2 aliphatic rings. The maximum atomic E-state index is 6.56. The minimum Gasteiger partial charge on any atom is -0.436 e. The van der Waals surface area contributed by atoms with Gasteiger partial charge in [0.1, 0.15) is 5.52 Å². The van der Waals surface area contributed by atoms with Gasteiger partial charge < -0.3 is 19.2 Å². The summed E-state index contributed by atoms with van der Waals surface area (Å²) in [5, 5.41) is 6.37. The summed E-state index contributed by atoms with van der Waals surface area (Å²) in [4.78, 5) is 7.52. The molecule has 8 aromatic carbocycles. The van der Waals surface area contributed by atoms with E-state index in [-0.39, 0.29) is 10.8 Å². The average Bonchev–Trinajstić information content (AvgIpc) is 3.90. The molecule has 2 aromatic heterocycles. The lowest BCUT2D eigenvalue weighted by molar-refractivity contribution is 0.332. The molecule has 0 saturated carbocycles. The van der Waals surface area contributed by atoms with E-state index in [1.54, 1.807) is 0 Å². The second-order valence-electron chi connectivity index (χ2n) is 19.0. The Morgan fingerprint density at radius 3 is 1.97 bits per heavy atom. The minimum absolute atomic E-state index is 0.00810. The van der Waals surface area contributed by atoms with Gasteiger partial charge in [0, 0.05) is 50.3 Å². The van der Waals surface area contributed by atoms with E-state index >= 15 is 0 Å². The van der Waals surface area contributed by atoms with Gasteiger partial charge in [-0.25, -0.2) is 4.98 Å². The lowest BCUT2D eigenvalue weighted by Gasteiger charge is -2.42. The summed E-state index contributed by atoms with van der Waals surface area (Å²) in [6.07, 6.45) is 2.25. The van der Waals surface area contributed by atoms with Crippen molar-refractivity contribution in [3.63, 3.8) is 0 Å². The number of benzene rings is 8. The largest absolute Gasteiger partial charge is 0.436 e. The Balaban J connectivity index is 1.22. The molecule has 309 valence electrons. The van der Waals surface area contributed by atoms with Gasteiger partial charge in [-0.05, 0) is 138 Å². The molecule has 0 spiro atoms. The fourth-order valence-electron chi connectivity index (χ4n) is 10.4. The van der Waals surface area contributed by atoms with Crippen molar-refractivity contribution in [2.75, 3.05) is 10.2 Å². The van der Waals surface area contributed by atoms with Crippen molar-refractivity contribution in [1.29, 1.82) is 0 Å². The number of aromatic nitrogens is 2. The highest BCUT2D eigenvalue weighted by molar-refractivity contribution is 6.74. The molecule has 0 bridgehead atoms. The summed E-state index contributed by atoms with van der Waals surface area (Å²) in [5.41, 5.74) is 20.1. The summed E-state index contributed by atoms with van der Waals surface area (Å²) < 4.78 is 9.05. The summed E-state index contributed by atoms with van der Waals surface area (Å²) in [6.45, 7) is 11.8. The maximum Gasteiger partial charge on any atom is 0.227 e. The molecule has 0 saturated heterocycles. The zero-order chi connectivity index (χ0) is 43.3. The Hall–Kier alpha value is -7.31. The van der Waals surface area contributed by atoms with Crippen LogP contribution < -0.4 is 21.1 Å². The molecule has 0 unspecified atom stereocenters. The topological polar surface area (TPSA) is 46.2 Å².